The van der Waals surface area contributed by atoms with Crippen LogP contribution >= 0.6 is 11.3 Å². The van der Waals surface area contributed by atoms with Crippen molar-refractivity contribution in [2.24, 2.45) is 5.73 Å². The lowest BCUT2D eigenvalue weighted by atomic mass is 10.1. The Kier molecular flexibility index (Phi) is 3.90. The number of hydrogen-bond donors (Lipinski definition) is 2. The van der Waals surface area contributed by atoms with Gasteiger partial charge in [-0.3, -0.25) is 4.79 Å². The summed E-state index contributed by atoms with van der Waals surface area (Å²) in [6.45, 7) is 0.895. The van der Waals surface area contributed by atoms with Gasteiger partial charge in [-0.15, -0.1) is 11.3 Å². The zero-order valence-corrected chi connectivity index (χ0v) is 12.3. The number of aryl methyl sites for hydroxylation is 1. The van der Waals surface area contributed by atoms with Crippen LogP contribution in [0.2, 0.25) is 0 Å². The maximum atomic E-state index is 11.0. The first-order chi connectivity index (χ1) is 10.2. The second-order valence-electron chi connectivity index (χ2n) is 5.11. The van der Waals surface area contributed by atoms with Gasteiger partial charge in [0.1, 0.15) is 6.04 Å². The third kappa shape index (κ3) is 2.77. The molecular formula is C15H17N3O2S. The minimum Gasteiger partial charge on any atom is -0.480 e. The van der Waals surface area contributed by atoms with E-state index in [1.165, 1.54) is 22.6 Å². The summed E-state index contributed by atoms with van der Waals surface area (Å²) >= 11 is 1.45. The van der Waals surface area contributed by atoms with Gasteiger partial charge >= 0.3 is 5.97 Å². The van der Waals surface area contributed by atoms with Crippen LogP contribution in [0.4, 0.5) is 10.8 Å². The molecule has 0 aliphatic carbocycles. The molecule has 0 saturated carbocycles. The van der Waals surface area contributed by atoms with Crippen LogP contribution in [-0.4, -0.2) is 22.6 Å². The van der Waals surface area contributed by atoms with E-state index < -0.39 is 12.0 Å². The predicted octanol–water partition coefficient (Wildman–Crippen LogP) is 2.70. The Morgan fingerprint density at radius 2 is 2.19 bits per heavy atom. The zero-order chi connectivity index (χ0) is 14.8. The lowest BCUT2D eigenvalue weighted by Gasteiger charge is -2.21. The number of rotatable bonds is 3. The molecule has 5 nitrogen and oxygen atoms in total. The minimum absolute atomic E-state index is 0.421. The van der Waals surface area contributed by atoms with E-state index >= 15 is 0 Å². The summed E-state index contributed by atoms with van der Waals surface area (Å²) in [5, 5.41) is 11.5. The summed E-state index contributed by atoms with van der Waals surface area (Å²) in [7, 11) is 0. The topological polar surface area (TPSA) is 79.5 Å². The van der Waals surface area contributed by atoms with E-state index in [0.29, 0.717) is 5.69 Å². The number of aliphatic carboxylic acids is 1. The summed E-state index contributed by atoms with van der Waals surface area (Å²) in [5.41, 5.74) is 8.53. The number of anilines is 2. The lowest BCUT2D eigenvalue weighted by molar-refractivity contribution is -0.138. The third-order valence-corrected chi connectivity index (χ3v) is 4.57. The molecule has 0 radical (unpaired) electrons. The van der Waals surface area contributed by atoms with Gasteiger partial charge in [0.15, 0.2) is 5.13 Å². The van der Waals surface area contributed by atoms with Crippen molar-refractivity contribution in [2.75, 3.05) is 11.4 Å². The second-order valence-corrected chi connectivity index (χ2v) is 5.94. The fraction of sp³-hybridized carbons (Fsp3) is 0.333. The number of nitrogens with zero attached hydrogens (tertiary/aromatic N) is 2. The first kappa shape index (κ1) is 14.0. The molecule has 0 spiro atoms. The normalized spacial score (nSPS) is 16.1. The third-order valence-electron chi connectivity index (χ3n) is 3.69. The van der Waals surface area contributed by atoms with Gasteiger partial charge in [-0.1, -0.05) is 18.2 Å². The van der Waals surface area contributed by atoms with Gasteiger partial charge in [0.05, 0.1) is 5.69 Å². The molecule has 3 rings (SSSR count). The second kappa shape index (κ2) is 5.83. The highest BCUT2D eigenvalue weighted by Gasteiger charge is 2.22. The Morgan fingerprint density at radius 3 is 3.00 bits per heavy atom. The molecule has 6 heteroatoms. The molecule has 1 aromatic heterocycles. The number of carboxylic acid groups (broad SMARTS) is 1. The molecule has 1 unspecified atom stereocenters. The van der Waals surface area contributed by atoms with Crippen LogP contribution in [-0.2, 0) is 11.2 Å². The monoisotopic (exact) mass is 303 g/mol. The molecule has 21 heavy (non-hydrogen) atoms. The van der Waals surface area contributed by atoms with Gasteiger partial charge in [-0.25, -0.2) is 4.98 Å². The molecule has 1 aromatic carbocycles. The van der Waals surface area contributed by atoms with E-state index in [1.807, 2.05) is 6.07 Å². The van der Waals surface area contributed by atoms with Crippen molar-refractivity contribution in [1.29, 1.82) is 0 Å². The number of benzene rings is 1. The standard InChI is InChI=1S/C15H17N3O2S/c16-13(14(19)20)11-9-21-15(17-11)18-8-4-3-6-10-5-1-2-7-12(10)18/h1-2,5,7,9,13H,3-4,6,8,16H2,(H,19,20). The Labute approximate surface area is 127 Å². The van der Waals surface area contributed by atoms with Gasteiger partial charge in [-0.05, 0) is 30.9 Å². The van der Waals surface area contributed by atoms with Crippen molar-refractivity contribution in [3.05, 3.63) is 40.9 Å². The highest BCUT2D eigenvalue weighted by atomic mass is 32.1. The molecule has 110 valence electrons. The summed E-state index contributed by atoms with van der Waals surface area (Å²) < 4.78 is 0. The Morgan fingerprint density at radius 1 is 1.38 bits per heavy atom. The van der Waals surface area contributed by atoms with Gasteiger partial charge in [-0.2, -0.15) is 0 Å². The molecule has 2 aromatic rings. The van der Waals surface area contributed by atoms with Crippen LogP contribution in [0.25, 0.3) is 0 Å². The van der Waals surface area contributed by atoms with E-state index in [0.717, 1.165) is 30.9 Å². The fourth-order valence-electron chi connectivity index (χ4n) is 2.56. The predicted molar refractivity (Wildman–Crippen MR) is 83.1 cm³/mol. The Bertz CT molecular complexity index is 656. The lowest BCUT2D eigenvalue weighted by Crippen LogP contribution is -2.22. The fourth-order valence-corrected chi connectivity index (χ4v) is 3.46. The van der Waals surface area contributed by atoms with E-state index in [1.54, 1.807) is 5.38 Å². The molecule has 0 bridgehead atoms. The maximum absolute atomic E-state index is 11.0. The number of para-hydroxylation sites is 1. The van der Waals surface area contributed by atoms with Gasteiger partial charge in [0.2, 0.25) is 0 Å². The molecule has 3 N–H and O–H groups in total. The SMILES string of the molecule is NC(C(=O)O)c1csc(N2CCCCc3ccccc32)n1. The molecule has 1 aliphatic heterocycles. The zero-order valence-electron chi connectivity index (χ0n) is 11.5. The maximum Gasteiger partial charge on any atom is 0.326 e. The number of carboxylic acids is 1. The first-order valence-corrected chi connectivity index (χ1v) is 7.84. The van der Waals surface area contributed by atoms with E-state index in [4.69, 9.17) is 10.8 Å². The smallest absolute Gasteiger partial charge is 0.326 e. The van der Waals surface area contributed by atoms with E-state index in [-0.39, 0.29) is 0 Å². The summed E-state index contributed by atoms with van der Waals surface area (Å²) in [4.78, 5) is 17.6. The summed E-state index contributed by atoms with van der Waals surface area (Å²) in [6, 6.07) is 7.26. The Hall–Kier alpha value is -1.92. The number of hydrogen-bond acceptors (Lipinski definition) is 5. The van der Waals surface area contributed by atoms with Crippen LogP contribution < -0.4 is 10.6 Å². The van der Waals surface area contributed by atoms with E-state index in [2.05, 4.69) is 28.1 Å². The Balaban J connectivity index is 1.95. The van der Waals surface area contributed by atoms with Crippen LogP contribution in [0, 0.1) is 0 Å². The highest BCUT2D eigenvalue weighted by Crippen LogP contribution is 2.34. The molecule has 0 saturated heterocycles. The molecular weight excluding hydrogens is 286 g/mol. The van der Waals surface area contributed by atoms with E-state index in [9.17, 15) is 4.79 Å². The highest BCUT2D eigenvalue weighted by molar-refractivity contribution is 7.13. The quantitative estimate of drug-likeness (QED) is 0.911. The van der Waals surface area contributed by atoms with Crippen molar-refractivity contribution in [2.45, 2.75) is 25.3 Å². The van der Waals surface area contributed by atoms with Crippen molar-refractivity contribution >= 4 is 28.1 Å². The number of nitrogens with two attached hydrogens (primary N) is 1. The average Bonchev–Trinajstić information content (AvgIpc) is 2.87. The number of carbonyl (C=O) groups is 1. The van der Waals surface area contributed by atoms with Crippen LogP contribution in [0.1, 0.15) is 30.1 Å². The van der Waals surface area contributed by atoms with Crippen molar-refractivity contribution < 1.29 is 9.90 Å². The van der Waals surface area contributed by atoms with Crippen molar-refractivity contribution in [1.82, 2.24) is 4.98 Å². The molecule has 2 heterocycles. The summed E-state index contributed by atoms with van der Waals surface area (Å²) in [5.74, 6) is -1.05. The minimum atomic E-state index is -1.06. The van der Waals surface area contributed by atoms with Gasteiger partial charge in [0, 0.05) is 17.6 Å². The molecule has 0 fully saturated rings. The molecule has 1 atom stereocenters. The molecule has 1 aliphatic rings. The average molecular weight is 303 g/mol. The first-order valence-electron chi connectivity index (χ1n) is 6.96. The van der Waals surface area contributed by atoms with Crippen molar-refractivity contribution in [3.63, 3.8) is 0 Å². The van der Waals surface area contributed by atoms with Crippen LogP contribution in [0.5, 0.6) is 0 Å². The largest absolute Gasteiger partial charge is 0.480 e. The van der Waals surface area contributed by atoms with Crippen LogP contribution in [0.15, 0.2) is 29.6 Å². The van der Waals surface area contributed by atoms with Gasteiger partial charge < -0.3 is 15.7 Å². The summed E-state index contributed by atoms with van der Waals surface area (Å²) in [6.07, 6.45) is 3.31. The van der Waals surface area contributed by atoms with Crippen LogP contribution in [0.3, 0.4) is 0 Å². The number of aromatic nitrogens is 1. The molecule has 0 amide bonds. The van der Waals surface area contributed by atoms with Gasteiger partial charge in [0.25, 0.3) is 0 Å². The van der Waals surface area contributed by atoms with Crippen molar-refractivity contribution in [3.8, 4) is 0 Å². The number of thiazole rings is 1. The number of fused-ring (bicyclic) bond motifs is 1.